The van der Waals surface area contributed by atoms with Crippen molar-refractivity contribution in [3.63, 3.8) is 0 Å². The number of rotatable bonds is 5. The molecule has 0 bridgehead atoms. The van der Waals surface area contributed by atoms with Gasteiger partial charge in [-0.3, -0.25) is 0 Å². The minimum atomic E-state index is -3.45. The van der Waals surface area contributed by atoms with E-state index in [2.05, 4.69) is 10.3 Å². The highest BCUT2D eigenvalue weighted by atomic mass is 32.2. The Balaban J connectivity index is 2.21. The second kappa shape index (κ2) is 6.02. The minimum absolute atomic E-state index is 0.0909. The fourth-order valence-electron chi connectivity index (χ4n) is 2.53. The molecule has 1 aliphatic heterocycles. The topological polar surface area (TPSA) is 67.2 Å². The summed E-state index contributed by atoms with van der Waals surface area (Å²) in [6.45, 7) is 1.44. The molecule has 108 valence electrons. The lowest BCUT2D eigenvalue weighted by Gasteiger charge is -2.34. The molecule has 7 heteroatoms. The maximum absolute atomic E-state index is 12.6. The largest absolute Gasteiger partial charge is 0.339 e. The lowest BCUT2D eigenvalue weighted by Crippen LogP contribution is -2.44. The highest BCUT2D eigenvalue weighted by molar-refractivity contribution is 7.89. The molecule has 0 spiro atoms. The Labute approximate surface area is 114 Å². The van der Waals surface area contributed by atoms with Gasteiger partial charge in [0.15, 0.2) is 5.03 Å². The van der Waals surface area contributed by atoms with Crippen molar-refractivity contribution in [3.05, 3.63) is 12.5 Å². The number of piperidine rings is 1. The third-order valence-corrected chi connectivity index (χ3v) is 5.39. The lowest BCUT2D eigenvalue weighted by molar-refractivity contribution is 0.240. The molecule has 1 fully saturated rings. The highest BCUT2D eigenvalue weighted by Crippen LogP contribution is 2.25. The highest BCUT2D eigenvalue weighted by Gasteiger charge is 2.34. The Morgan fingerprint density at radius 3 is 2.89 bits per heavy atom. The Hall–Kier alpha value is -0.920. The molecular weight excluding hydrogens is 264 g/mol. The van der Waals surface area contributed by atoms with Crippen molar-refractivity contribution in [1.82, 2.24) is 19.2 Å². The van der Waals surface area contributed by atoms with Crippen LogP contribution in [0.5, 0.6) is 0 Å². The number of sulfonamides is 1. The first-order valence-electron chi connectivity index (χ1n) is 6.70. The van der Waals surface area contributed by atoms with Crippen LogP contribution >= 0.6 is 0 Å². The average molecular weight is 286 g/mol. The summed E-state index contributed by atoms with van der Waals surface area (Å²) in [5.74, 6) is 0. The summed E-state index contributed by atoms with van der Waals surface area (Å²) in [6, 6.07) is 0.0909. The van der Waals surface area contributed by atoms with Crippen molar-refractivity contribution in [2.45, 2.75) is 36.8 Å². The van der Waals surface area contributed by atoms with E-state index in [1.807, 2.05) is 7.05 Å². The average Bonchev–Trinajstić information content (AvgIpc) is 2.84. The molecule has 1 aromatic rings. The smallest absolute Gasteiger partial charge is 0.262 e. The van der Waals surface area contributed by atoms with E-state index < -0.39 is 10.0 Å². The van der Waals surface area contributed by atoms with Crippen LogP contribution in [0.1, 0.15) is 25.7 Å². The molecule has 0 amide bonds. The first-order chi connectivity index (χ1) is 9.05. The van der Waals surface area contributed by atoms with Gasteiger partial charge in [-0.05, 0) is 32.9 Å². The normalized spacial score (nSPS) is 21.7. The Morgan fingerprint density at radius 1 is 1.47 bits per heavy atom. The van der Waals surface area contributed by atoms with Gasteiger partial charge in [-0.2, -0.15) is 4.31 Å². The third-order valence-electron chi connectivity index (χ3n) is 3.55. The van der Waals surface area contributed by atoms with Gasteiger partial charge < -0.3 is 9.88 Å². The van der Waals surface area contributed by atoms with Gasteiger partial charge >= 0.3 is 0 Å². The SMILES string of the molecule is CNCCC1CCCCN1S(=O)(=O)c1cn(C)cn1. The fraction of sp³-hybridized carbons (Fsp3) is 0.750. The van der Waals surface area contributed by atoms with E-state index >= 15 is 0 Å². The Bertz CT molecular complexity index is 512. The van der Waals surface area contributed by atoms with Gasteiger partial charge in [0.1, 0.15) is 0 Å². The van der Waals surface area contributed by atoms with Crippen molar-refractivity contribution in [3.8, 4) is 0 Å². The second-order valence-corrected chi connectivity index (χ2v) is 6.87. The van der Waals surface area contributed by atoms with Crippen LogP contribution in [-0.2, 0) is 17.1 Å². The molecule has 0 radical (unpaired) electrons. The van der Waals surface area contributed by atoms with Crippen LogP contribution in [0.4, 0.5) is 0 Å². The van der Waals surface area contributed by atoms with Gasteiger partial charge in [-0.1, -0.05) is 6.42 Å². The Kier molecular flexibility index (Phi) is 4.59. The lowest BCUT2D eigenvalue weighted by atomic mass is 10.0. The molecule has 0 aliphatic carbocycles. The van der Waals surface area contributed by atoms with E-state index in [0.717, 1.165) is 32.2 Å². The third kappa shape index (κ3) is 3.16. The monoisotopic (exact) mass is 286 g/mol. The van der Waals surface area contributed by atoms with Crippen molar-refractivity contribution in [2.24, 2.45) is 7.05 Å². The van der Waals surface area contributed by atoms with Crippen molar-refractivity contribution < 1.29 is 8.42 Å². The quantitative estimate of drug-likeness (QED) is 0.859. The molecule has 19 heavy (non-hydrogen) atoms. The number of hydrogen-bond donors (Lipinski definition) is 1. The molecule has 1 aromatic heterocycles. The molecule has 1 N–H and O–H groups in total. The van der Waals surface area contributed by atoms with E-state index in [-0.39, 0.29) is 11.1 Å². The summed E-state index contributed by atoms with van der Waals surface area (Å²) in [4.78, 5) is 4.00. The number of nitrogens with zero attached hydrogens (tertiary/aromatic N) is 3. The maximum Gasteiger partial charge on any atom is 0.262 e. The Morgan fingerprint density at radius 2 is 2.26 bits per heavy atom. The molecule has 2 heterocycles. The zero-order chi connectivity index (χ0) is 13.9. The van der Waals surface area contributed by atoms with Gasteiger partial charge in [0, 0.05) is 25.8 Å². The van der Waals surface area contributed by atoms with Gasteiger partial charge in [0.2, 0.25) is 0 Å². The molecule has 1 saturated heterocycles. The van der Waals surface area contributed by atoms with Gasteiger partial charge in [0.05, 0.1) is 6.33 Å². The van der Waals surface area contributed by atoms with E-state index in [1.165, 1.54) is 6.33 Å². The molecule has 6 nitrogen and oxygen atoms in total. The first-order valence-corrected chi connectivity index (χ1v) is 8.14. The first kappa shape index (κ1) is 14.5. The van der Waals surface area contributed by atoms with Crippen molar-refractivity contribution in [1.29, 1.82) is 0 Å². The van der Waals surface area contributed by atoms with Crippen LogP contribution in [0.3, 0.4) is 0 Å². The van der Waals surface area contributed by atoms with E-state index in [1.54, 1.807) is 22.1 Å². The summed E-state index contributed by atoms with van der Waals surface area (Å²) in [7, 11) is 0.221. The number of aryl methyl sites for hydroxylation is 1. The summed E-state index contributed by atoms with van der Waals surface area (Å²) in [5, 5.41) is 3.25. The standard InChI is InChI=1S/C12H22N4O2S/c1-13-7-6-11-5-3-4-8-16(11)19(17,18)12-9-15(2)10-14-12/h9-11,13H,3-8H2,1-2H3. The van der Waals surface area contributed by atoms with Crippen LogP contribution < -0.4 is 5.32 Å². The zero-order valence-corrected chi connectivity index (χ0v) is 12.4. The predicted octanol–water partition coefficient (Wildman–Crippen LogP) is 0.573. The molecule has 0 saturated carbocycles. The van der Waals surface area contributed by atoms with Gasteiger partial charge in [-0.15, -0.1) is 0 Å². The van der Waals surface area contributed by atoms with Crippen LogP contribution in [-0.4, -0.2) is 48.5 Å². The number of imidazole rings is 1. The predicted molar refractivity (Wildman–Crippen MR) is 73.3 cm³/mol. The molecule has 0 aromatic carbocycles. The fourth-order valence-corrected chi connectivity index (χ4v) is 4.22. The maximum atomic E-state index is 12.6. The van der Waals surface area contributed by atoms with Crippen molar-refractivity contribution in [2.75, 3.05) is 20.1 Å². The molecule has 1 aliphatic rings. The van der Waals surface area contributed by atoms with E-state index in [9.17, 15) is 8.42 Å². The summed E-state index contributed by atoms with van der Waals surface area (Å²) in [6.07, 6.45) is 6.92. The zero-order valence-electron chi connectivity index (χ0n) is 11.5. The molecule has 1 unspecified atom stereocenters. The van der Waals surface area contributed by atoms with E-state index in [4.69, 9.17) is 0 Å². The van der Waals surface area contributed by atoms with Crippen molar-refractivity contribution >= 4 is 10.0 Å². The second-order valence-electron chi connectivity index (χ2n) is 5.03. The van der Waals surface area contributed by atoms with Gasteiger partial charge in [-0.25, -0.2) is 13.4 Å². The number of nitrogens with one attached hydrogen (secondary N) is 1. The van der Waals surface area contributed by atoms with Crippen LogP contribution in [0, 0.1) is 0 Å². The summed E-state index contributed by atoms with van der Waals surface area (Å²) in [5.41, 5.74) is 0. The summed E-state index contributed by atoms with van der Waals surface area (Å²) >= 11 is 0. The van der Waals surface area contributed by atoms with Crippen LogP contribution in [0.25, 0.3) is 0 Å². The molecule has 1 atom stereocenters. The van der Waals surface area contributed by atoms with Crippen LogP contribution in [0.15, 0.2) is 17.6 Å². The molecular formula is C12H22N4O2S. The van der Waals surface area contributed by atoms with Gasteiger partial charge in [0.25, 0.3) is 10.0 Å². The minimum Gasteiger partial charge on any atom is -0.339 e. The summed E-state index contributed by atoms with van der Waals surface area (Å²) < 4.78 is 28.5. The number of aromatic nitrogens is 2. The van der Waals surface area contributed by atoms with E-state index in [0.29, 0.717) is 6.54 Å². The van der Waals surface area contributed by atoms with Crippen LogP contribution in [0.2, 0.25) is 0 Å². The number of hydrogen-bond acceptors (Lipinski definition) is 4. The molecule has 2 rings (SSSR count).